The second kappa shape index (κ2) is 8.83. The highest BCUT2D eigenvalue weighted by molar-refractivity contribution is 7.99. The molecule has 0 radical (unpaired) electrons. The molecule has 1 unspecified atom stereocenters. The van der Waals surface area contributed by atoms with Crippen molar-refractivity contribution < 1.29 is 23.2 Å². The molecule has 1 aliphatic rings. The second-order valence-corrected chi connectivity index (χ2v) is 9.68. The lowest BCUT2D eigenvalue weighted by Crippen LogP contribution is -2.01. The summed E-state index contributed by atoms with van der Waals surface area (Å²) in [6.45, 7) is 3.99. The van der Waals surface area contributed by atoms with Crippen LogP contribution in [0.4, 0.5) is 0 Å². The number of methoxy groups -OCH3 is 1. The summed E-state index contributed by atoms with van der Waals surface area (Å²) in [6, 6.07) is 20.5. The van der Waals surface area contributed by atoms with E-state index in [0.29, 0.717) is 17.1 Å². The van der Waals surface area contributed by atoms with Gasteiger partial charge in [0.2, 0.25) is 0 Å². The molecule has 0 spiro atoms. The van der Waals surface area contributed by atoms with Crippen LogP contribution in [0.3, 0.4) is 0 Å². The van der Waals surface area contributed by atoms with Crippen LogP contribution >= 0.6 is 19.6 Å². The summed E-state index contributed by atoms with van der Waals surface area (Å²) < 4.78 is 29.7. The Hall–Kier alpha value is -2.66. The van der Waals surface area contributed by atoms with Crippen LogP contribution in [-0.2, 0) is 9.09 Å². The number of phosphoric ester groups is 1. The maximum absolute atomic E-state index is 13.0. The first-order chi connectivity index (χ1) is 14.9. The van der Waals surface area contributed by atoms with Crippen molar-refractivity contribution in [3.05, 3.63) is 83.4 Å². The largest absolute Gasteiger partial charge is 0.584 e. The number of hydrogen-bond donors (Lipinski definition) is 1. The summed E-state index contributed by atoms with van der Waals surface area (Å²) in [5, 5.41) is 0. The summed E-state index contributed by atoms with van der Waals surface area (Å²) in [5.41, 5.74) is 2.37. The fourth-order valence-electron chi connectivity index (χ4n) is 3.38. The third kappa shape index (κ3) is 4.67. The van der Waals surface area contributed by atoms with Crippen LogP contribution in [0.2, 0.25) is 0 Å². The van der Waals surface area contributed by atoms with Gasteiger partial charge in [-0.05, 0) is 47.4 Å². The molecule has 0 saturated carbocycles. The average molecular weight is 454 g/mol. The number of hydrogen-bond acceptors (Lipinski definition) is 5. The van der Waals surface area contributed by atoms with Crippen molar-refractivity contribution in [2.45, 2.75) is 29.6 Å². The summed E-state index contributed by atoms with van der Waals surface area (Å²) in [4.78, 5) is 12.5. The third-order valence-electron chi connectivity index (χ3n) is 4.85. The molecular weight excluding hydrogens is 431 g/mol. The maximum Gasteiger partial charge on any atom is 0.584 e. The van der Waals surface area contributed by atoms with E-state index in [4.69, 9.17) is 13.8 Å². The van der Waals surface area contributed by atoms with Crippen LogP contribution in [-0.4, -0.2) is 12.0 Å². The van der Waals surface area contributed by atoms with Gasteiger partial charge in [0.1, 0.15) is 17.3 Å². The molecule has 0 amide bonds. The van der Waals surface area contributed by atoms with Gasteiger partial charge in [-0.3, -0.25) is 4.89 Å². The van der Waals surface area contributed by atoms with Gasteiger partial charge in [0.15, 0.2) is 0 Å². The first-order valence-electron chi connectivity index (χ1n) is 9.85. The minimum absolute atomic E-state index is 0.126. The van der Waals surface area contributed by atoms with E-state index in [1.54, 1.807) is 25.3 Å². The summed E-state index contributed by atoms with van der Waals surface area (Å²) in [5.74, 6) is 1.37. The standard InChI is InChI=1S/C24H23O5PS/c1-16(2)18-10-5-6-12-20(18)28-30(25,26)29-22-15-17-9-4-7-14-23(17)31-24-19(22)11-8-13-21(24)27-3/h4-16H,1-3H3,(H,25,26). The first-order valence-corrected chi connectivity index (χ1v) is 12.2. The van der Waals surface area contributed by atoms with Crippen molar-refractivity contribution in [3.63, 3.8) is 0 Å². The Kier molecular flexibility index (Phi) is 6.15. The first kappa shape index (κ1) is 21.6. The topological polar surface area (TPSA) is 65.0 Å². The SMILES string of the molecule is COc1cccc2c1Sc1ccccc1C=C2OP(=O)(O)Oc1ccccc1C(C)C. The molecule has 0 saturated heterocycles. The Balaban J connectivity index is 1.75. The predicted octanol–water partition coefficient (Wildman–Crippen LogP) is 6.98. The lowest BCUT2D eigenvalue weighted by molar-refractivity contribution is 0.276. The number of fused-ring (bicyclic) bond motifs is 2. The zero-order valence-electron chi connectivity index (χ0n) is 17.4. The van der Waals surface area contributed by atoms with Crippen molar-refractivity contribution in [2.75, 3.05) is 7.11 Å². The van der Waals surface area contributed by atoms with E-state index in [1.807, 2.05) is 68.4 Å². The molecule has 5 nitrogen and oxygen atoms in total. The Morgan fingerprint density at radius 1 is 0.903 bits per heavy atom. The maximum atomic E-state index is 13.0. The Labute approximate surface area is 186 Å². The average Bonchev–Trinajstić information content (AvgIpc) is 2.89. The van der Waals surface area contributed by atoms with Crippen LogP contribution in [0.15, 0.2) is 76.5 Å². The molecule has 3 aromatic carbocycles. The van der Waals surface area contributed by atoms with Crippen LogP contribution in [0.25, 0.3) is 11.8 Å². The molecule has 1 aliphatic heterocycles. The minimum atomic E-state index is -4.48. The van der Waals surface area contributed by atoms with Gasteiger partial charge in [-0.2, -0.15) is 0 Å². The number of ether oxygens (including phenoxy) is 1. The van der Waals surface area contributed by atoms with Crippen LogP contribution in [0.1, 0.15) is 36.5 Å². The quantitative estimate of drug-likeness (QED) is 0.406. The van der Waals surface area contributed by atoms with Gasteiger partial charge in [-0.1, -0.05) is 68.1 Å². The molecule has 31 heavy (non-hydrogen) atoms. The van der Waals surface area contributed by atoms with Crippen LogP contribution in [0, 0.1) is 0 Å². The summed E-state index contributed by atoms with van der Waals surface area (Å²) >= 11 is 1.53. The van der Waals surface area contributed by atoms with Gasteiger partial charge in [-0.15, -0.1) is 0 Å². The lowest BCUT2D eigenvalue weighted by Gasteiger charge is -2.20. The van der Waals surface area contributed by atoms with Crippen molar-refractivity contribution in [3.8, 4) is 11.5 Å². The molecule has 7 heteroatoms. The van der Waals surface area contributed by atoms with Crippen molar-refractivity contribution in [2.24, 2.45) is 0 Å². The van der Waals surface area contributed by atoms with Gasteiger partial charge in [-0.25, -0.2) is 4.57 Å². The number of rotatable bonds is 6. The molecular formula is C24H23O5PS. The third-order valence-corrected chi connectivity index (χ3v) is 6.92. The predicted molar refractivity (Wildman–Crippen MR) is 123 cm³/mol. The monoisotopic (exact) mass is 454 g/mol. The Morgan fingerprint density at radius 2 is 1.61 bits per heavy atom. The molecule has 4 rings (SSSR count). The van der Waals surface area contributed by atoms with Gasteiger partial charge >= 0.3 is 7.82 Å². The summed E-state index contributed by atoms with van der Waals surface area (Å²) in [6.07, 6.45) is 1.76. The highest BCUT2D eigenvalue weighted by atomic mass is 32.2. The van der Waals surface area contributed by atoms with Crippen LogP contribution < -0.4 is 9.26 Å². The van der Waals surface area contributed by atoms with Gasteiger partial charge < -0.3 is 13.8 Å². The van der Waals surface area contributed by atoms with Crippen molar-refractivity contribution in [1.29, 1.82) is 0 Å². The fraction of sp³-hybridized carbons (Fsp3) is 0.167. The zero-order valence-corrected chi connectivity index (χ0v) is 19.2. The van der Waals surface area contributed by atoms with Gasteiger partial charge in [0.05, 0.1) is 12.0 Å². The number of phosphoric acid groups is 1. The molecule has 0 aromatic heterocycles. The second-order valence-electron chi connectivity index (χ2n) is 7.33. The smallest absolute Gasteiger partial charge is 0.496 e. The number of benzene rings is 3. The normalized spacial score (nSPS) is 14.5. The van der Waals surface area contributed by atoms with Crippen molar-refractivity contribution >= 4 is 31.4 Å². The van der Waals surface area contributed by atoms with E-state index in [-0.39, 0.29) is 11.7 Å². The van der Waals surface area contributed by atoms with Crippen LogP contribution in [0.5, 0.6) is 11.5 Å². The summed E-state index contributed by atoms with van der Waals surface area (Å²) in [7, 11) is -2.88. The molecule has 0 fully saturated rings. The van der Waals surface area contributed by atoms with Gasteiger partial charge in [0, 0.05) is 10.5 Å². The van der Waals surface area contributed by atoms with E-state index >= 15 is 0 Å². The zero-order chi connectivity index (χ0) is 22.0. The van der Waals surface area contributed by atoms with E-state index in [1.165, 1.54) is 11.8 Å². The minimum Gasteiger partial charge on any atom is -0.496 e. The molecule has 1 heterocycles. The van der Waals surface area contributed by atoms with E-state index in [9.17, 15) is 9.46 Å². The molecule has 0 aliphatic carbocycles. The molecule has 1 atom stereocenters. The highest BCUT2D eigenvalue weighted by Crippen LogP contribution is 2.53. The van der Waals surface area contributed by atoms with E-state index in [2.05, 4.69) is 0 Å². The molecule has 3 aromatic rings. The highest BCUT2D eigenvalue weighted by Gasteiger charge is 2.31. The number of para-hydroxylation sites is 1. The van der Waals surface area contributed by atoms with E-state index in [0.717, 1.165) is 20.9 Å². The Bertz CT molecular complexity index is 1190. The van der Waals surface area contributed by atoms with Crippen molar-refractivity contribution in [1.82, 2.24) is 0 Å². The Morgan fingerprint density at radius 3 is 2.39 bits per heavy atom. The molecule has 160 valence electrons. The molecule has 1 N–H and O–H groups in total. The van der Waals surface area contributed by atoms with E-state index < -0.39 is 7.82 Å². The lowest BCUT2D eigenvalue weighted by atomic mass is 10.0. The van der Waals surface area contributed by atoms with Gasteiger partial charge in [0.25, 0.3) is 0 Å². The fourth-order valence-corrected chi connectivity index (χ4v) is 5.37. The molecule has 0 bridgehead atoms.